The van der Waals surface area contributed by atoms with Crippen molar-refractivity contribution in [3.05, 3.63) is 28.8 Å². The van der Waals surface area contributed by atoms with Gasteiger partial charge >= 0.3 is 0 Å². The zero-order chi connectivity index (χ0) is 11.8. The van der Waals surface area contributed by atoms with Crippen LogP contribution in [0.15, 0.2) is 18.2 Å². The van der Waals surface area contributed by atoms with Gasteiger partial charge < -0.3 is 11.1 Å². The highest BCUT2D eigenvalue weighted by atomic mass is 35.5. The predicted octanol–water partition coefficient (Wildman–Crippen LogP) is 1.64. The molecule has 1 aromatic rings. The van der Waals surface area contributed by atoms with Gasteiger partial charge in [0.1, 0.15) is 6.07 Å². The first-order valence-electron chi connectivity index (χ1n) is 4.85. The molecule has 0 heterocycles. The van der Waals surface area contributed by atoms with Crippen molar-refractivity contribution >= 4 is 23.2 Å². The van der Waals surface area contributed by atoms with Crippen molar-refractivity contribution in [2.24, 2.45) is 5.73 Å². The van der Waals surface area contributed by atoms with E-state index in [4.69, 9.17) is 22.6 Å². The Labute approximate surface area is 98.0 Å². The van der Waals surface area contributed by atoms with E-state index in [1.165, 1.54) is 6.07 Å². The molecule has 1 amide bonds. The molecule has 1 saturated carbocycles. The van der Waals surface area contributed by atoms with Gasteiger partial charge in [0.05, 0.1) is 16.1 Å². The van der Waals surface area contributed by atoms with Crippen LogP contribution in [0.1, 0.15) is 18.4 Å². The normalized spacial score (nSPS) is 16.3. The molecule has 0 unspecified atom stereocenters. The molecule has 0 spiro atoms. The highest BCUT2D eigenvalue weighted by Crippen LogP contribution is 2.33. The third-order valence-corrected chi connectivity index (χ3v) is 2.92. The smallest absolute Gasteiger partial charge is 0.244 e. The minimum Gasteiger partial charge on any atom is -0.324 e. The van der Waals surface area contributed by atoms with Gasteiger partial charge in [0, 0.05) is 5.69 Å². The van der Waals surface area contributed by atoms with Gasteiger partial charge in [-0.25, -0.2) is 0 Å². The van der Waals surface area contributed by atoms with Crippen LogP contribution in [0.25, 0.3) is 0 Å². The first-order valence-corrected chi connectivity index (χ1v) is 5.23. The van der Waals surface area contributed by atoms with Crippen molar-refractivity contribution in [1.29, 1.82) is 5.26 Å². The highest BCUT2D eigenvalue weighted by molar-refractivity contribution is 6.31. The third-order valence-electron chi connectivity index (χ3n) is 2.59. The van der Waals surface area contributed by atoms with Crippen LogP contribution in [0.3, 0.4) is 0 Å². The monoisotopic (exact) mass is 235 g/mol. The average molecular weight is 236 g/mol. The molecule has 82 valence electrons. The van der Waals surface area contributed by atoms with Crippen LogP contribution in [-0.2, 0) is 4.79 Å². The zero-order valence-electron chi connectivity index (χ0n) is 8.46. The van der Waals surface area contributed by atoms with Crippen LogP contribution in [0.5, 0.6) is 0 Å². The number of nitrogens with two attached hydrogens (primary N) is 1. The minimum absolute atomic E-state index is 0.210. The van der Waals surface area contributed by atoms with Gasteiger partial charge in [-0.3, -0.25) is 4.79 Å². The van der Waals surface area contributed by atoms with Crippen molar-refractivity contribution in [1.82, 2.24) is 0 Å². The molecule has 1 fully saturated rings. The largest absolute Gasteiger partial charge is 0.324 e. The van der Waals surface area contributed by atoms with Crippen LogP contribution in [0.4, 0.5) is 5.69 Å². The molecule has 0 atom stereocenters. The summed E-state index contributed by atoms with van der Waals surface area (Å²) in [5.74, 6) is -0.210. The Morgan fingerprint density at radius 2 is 2.25 bits per heavy atom. The summed E-state index contributed by atoms with van der Waals surface area (Å²) in [5, 5.41) is 11.8. The Morgan fingerprint density at radius 3 is 2.81 bits per heavy atom. The predicted molar refractivity (Wildman–Crippen MR) is 60.9 cm³/mol. The summed E-state index contributed by atoms with van der Waals surface area (Å²) >= 11 is 5.78. The Morgan fingerprint density at radius 1 is 1.56 bits per heavy atom. The third kappa shape index (κ3) is 2.01. The van der Waals surface area contributed by atoms with E-state index in [0.29, 0.717) is 29.1 Å². The number of anilines is 1. The molecule has 3 N–H and O–H groups in total. The van der Waals surface area contributed by atoms with Crippen molar-refractivity contribution < 1.29 is 4.79 Å². The van der Waals surface area contributed by atoms with E-state index >= 15 is 0 Å². The molecule has 0 aromatic heterocycles. The first-order chi connectivity index (χ1) is 7.55. The number of rotatable bonds is 2. The molecule has 16 heavy (non-hydrogen) atoms. The van der Waals surface area contributed by atoms with E-state index in [2.05, 4.69) is 5.32 Å². The molecule has 4 nitrogen and oxygen atoms in total. The maximum absolute atomic E-state index is 11.6. The molecule has 0 bridgehead atoms. The minimum atomic E-state index is -0.716. The highest BCUT2D eigenvalue weighted by Gasteiger charge is 2.45. The van der Waals surface area contributed by atoms with E-state index < -0.39 is 5.54 Å². The van der Waals surface area contributed by atoms with E-state index in [0.717, 1.165) is 0 Å². The standard InChI is InChI=1S/C11H10ClN3O/c12-9-2-1-8(5-7(9)6-13)15-10(16)11(14)3-4-11/h1-2,5H,3-4,14H2,(H,15,16). The number of carbonyl (C=O) groups is 1. The van der Waals surface area contributed by atoms with E-state index in [9.17, 15) is 4.79 Å². The van der Waals surface area contributed by atoms with Gasteiger partial charge in [-0.15, -0.1) is 0 Å². The maximum atomic E-state index is 11.6. The molecule has 1 aromatic carbocycles. The lowest BCUT2D eigenvalue weighted by Gasteiger charge is -2.10. The molecule has 2 rings (SSSR count). The topological polar surface area (TPSA) is 78.9 Å². The molecule has 0 aliphatic heterocycles. The van der Waals surface area contributed by atoms with Crippen LogP contribution in [0.2, 0.25) is 5.02 Å². The van der Waals surface area contributed by atoms with Gasteiger partial charge in [0.25, 0.3) is 0 Å². The zero-order valence-corrected chi connectivity index (χ0v) is 9.21. The quantitative estimate of drug-likeness (QED) is 0.818. The molecule has 1 aliphatic carbocycles. The fourth-order valence-electron chi connectivity index (χ4n) is 1.31. The number of halogens is 1. The van der Waals surface area contributed by atoms with E-state index in [1.54, 1.807) is 12.1 Å². The first kappa shape index (κ1) is 10.9. The van der Waals surface area contributed by atoms with Gasteiger partial charge in [0.2, 0.25) is 5.91 Å². The lowest BCUT2D eigenvalue weighted by atomic mass is 10.2. The number of nitrogens with zero attached hydrogens (tertiary/aromatic N) is 1. The second-order valence-corrected chi connectivity index (χ2v) is 4.32. The van der Waals surface area contributed by atoms with Crippen LogP contribution in [-0.4, -0.2) is 11.4 Å². The number of nitriles is 1. The second-order valence-electron chi connectivity index (χ2n) is 3.92. The SMILES string of the molecule is N#Cc1cc(NC(=O)C2(N)CC2)ccc1Cl. The summed E-state index contributed by atoms with van der Waals surface area (Å²) in [6.45, 7) is 0. The summed E-state index contributed by atoms with van der Waals surface area (Å²) in [5.41, 5.74) is 5.90. The van der Waals surface area contributed by atoms with Crippen LogP contribution < -0.4 is 11.1 Å². The lowest BCUT2D eigenvalue weighted by molar-refractivity contribution is -0.118. The molecular formula is C11H10ClN3O. The molecular weight excluding hydrogens is 226 g/mol. The Balaban J connectivity index is 2.16. The fourth-order valence-corrected chi connectivity index (χ4v) is 1.47. The summed E-state index contributed by atoms with van der Waals surface area (Å²) in [7, 11) is 0. The number of carbonyl (C=O) groups excluding carboxylic acids is 1. The molecule has 0 radical (unpaired) electrons. The van der Waals surface area contributed by atoms with Crippen molar-refractivity contribution in [2.75, 3.05) is 5.32 Å². The van der Waals surface area contributed by atoms with Crippen LogP contribution in [0, 0.1) is 11.3 Å². The van der Waals surface area contributed by atoms with Gasteiger partial charge in [-0.05, 0) is 31.0 Å². The van der Waals surface area contributed by atoms with E-state index in [1.807, 2.05) is 6.07 Å². The van der Waals surface area contributed by atoms with Crippen molar-refractivity contribution in [3.8, 4) is 6.07 Å². The van der Waals surface area contributed by atoms with Crippen molar-refractivity contribution in [2.45, 2.75) is 18.4 Å². The van der Waals surface area contributed by atoms with Crippen LogP contribution >= 0.6 is 11.6 Å². The summed E-state index contributed by atoms with van der Waals surface area (Å²) < 4.78 is 0. The van der Waals surface area contributed by atoms with Gasteiger partial charge in [-0.2, -0.15) is 5.26 Å². The summed E-state index contributed by atoms with van der Waals surface area (Å²) in [6, 6.07) is 6.70. The summed E-state index contributed by atoms with van der Waals surface area (Å²) in [4.78, 5) is 11.6. The summed E-state index contributed by atoms with van der Waals surface area (Å²) in [6.07, 6.45) is 1.41. The van der Waals surface area contributed by atoms with Gasteiger partial charge in [0.15, 0.2) is 0 Å². The molecule has 0 saturated heterocycles. The Bertz CT molecular complexity index is 488. The average Bonchev–Trinajstić information content (AvgIpc) is 3.01. The number of benzene rings is 1. The van der Waals surface area contributed by atoms with Crippen molar-refractivity contribution in [3.63, 3.8) is 0 Å². The molecule has 1 aliphatic rings. The number of amides is 1. The van der Waals surface area contributed by atoms with E-state index in [-0.39, 0.29) is 5.91 Å². The second kappa shape index (κ2) is 3.78. The number of nitrogens with one attached hydrogen (secondary N) is 1. The number of hydrogen-bond acceptors (Lipinski definition) is 3. The Kier molecular flexibility index (Phi) is 2.58. The maximum Gasteiger partial charge on any atom is 0.244 e. The Hall–Kier alpha value is -1.57. The number of hydrogen-bond donors (Lipinski definition) is 2. The lowest BCUT2D eigenvalue weighted by Crippen LogP contribution is -2.37. The fraction of sp³-hybridized carbons (Fsp3) is 0.273. The molecule has 5 heteroatoms. The van der Waals surface area contributed by atoms with Gasteiger partial charge in [-0.1, -0.05) is 11.6 Å².